The van der Waals surface area contributed by atoms with Crippen molar-refractivity contribution in [2.45, 2.75) is 38.8 Å². The zero-order valence-electron chi connectivity index (χ0n) is 14.1. The number of carbonyl (C=O) groups is 1. The minimum atomic E-state index is -0.134. The quantitative estimate of drug-likeness (QED) is 0.768. The number of carbonyl (C=O) groups excluding carboxylic acids is 1. The molecule has 1 aliphatic heterocycles. The van der Waals surface area contributed by atoms with E-state index < -0.39 is 0 Å². The minimum Gasteiger partial charge on any atom is -0.347 e. The molecule has 25 heavy (non-hydrogen) atoms. The van der Waals surface area contributed by atoms with Crippen molar-refractivity contribution in [2.24, 2.45) is 7.05 Å². The molecule has 0 bridgehead atoms. The number of aromatic nitrogens is 6. The van der Waals surface area contributed by atoms with E-state index in [4.69, 9.17) is 0 Å². The maximum Gasteiger partial charge on any atom is 0.287 e. The summed E-state index contributed by atoms with van der Waals surface area (Å²) in [6.07, 6.45) is 5.85. The molecular formula is C16H19N7OS. The van der Waals surface area contributed by atoms with Gasteiger partial charge in [0.25, 0.3) is 5.91 Å². The summed E-state index contributed by atoms with van der Waals surface area (Å²) in [6.45, 7) is 2.75. The first-order valence-corrected chi connectivity index (χ1v) is 9.12. The summed E-state index contributed by atoms with van der Waals surface area (Å²) in [5.74, 6) is 2.07. The number of aryl methyl sites for hydroxylation is 3. The van der Waals surface area contributed by atoms with Crippen LogP contribution in [-0.4, -0.2) is 41.2 Å². The first-order chi connectivity index (χ1) is 12.1. The van der Waals surface area contributed by atoms with Crippen molar-refractivity contribution in [3.63, 3.8) is 0 Å². The van der Waals surface area contributed by atoms with Gasteiger partial charge >= 0.3 is 0 Å². The number of hydrogen-bond acceptors (Lipinski definition) is 6. The normalized spacial score (nSPS) is 17.1. The van der Waals surface area contributed by atoms with Gasteiger partial charge in [0, 0.05) is 43.8 Å². The Balaban J connectivity index is 1.48. The molecule has 8 nitrogen and oxygen atoms in total. The van der Waals surface area contributed by atoms with Crippen LogP contribution in [0.4, 0.5) is 0 Å². The number of fused-ring (bicyclic) bond motifs is 1. The Labute approximate surface area is 148 Å². The van der Waals surface area contributed by atoms with E-state index in [-0.39, 0.29) is 11.9 Å². The van der Waals surface area contributed by atoms with Crippen LogP contribution in [0.2, 0.25) is 0 Å². The van der Waals surface area contributed by atoms with Crippen molar-refractivity contribution in [1.29, 1.82) is 0 Å². The zero-order valence-corrected chi connectivity index (χ0v) is 15.0. The van der Waals surface area contributed by atoms with Crippen molar-refractivity contribution < 1.29 is 4.79 Å². The molecule has 1 N–H and O–H groups in total. The molecule has 4 rings (SSSR count). The van der Waals surface area contributed by atoms with Crippen LogP contribution in [0.1, 0.15) is 34.3 Å². The van der Waals surface area contributed by atoms with Gasteiger partial charge in [0.1, 0.15) is 11.5 Å². The fourth-order valence-electron chi connectivity index (χ4n) is 3.12. The maximum absolute atomic E-state index is 12.4. The van der Waals surface area contributed by atoms with Crippen molar-refractivity contribution in [3.8, 4) is 11.5 Å². The Hall–Kier alpha value is -2.55. The summed E-state index contributed by atoms with van der Waals surface area (Å²) in [6, 6.07) is 0.0934. The van der Waals surface area contributed by atoms with Crippen LogP contribution < -0.4 is 5.32 Å². The molecule has 0 saturated carbocycles. The van der Waals surface area contributed by atoms with Gasteiger partial charge in [-0.25, -0.2) is 9.97 Å². The third kappa shape index (κ3) is 3.07. The molecule has 0 aliphatic carbocycles. The molecule has 4 heterocycles. The molecule has 3 aromatic rings. The van der Waals surface area contributed by atoms with Gasteiger partial charge in [-0.1, -0.05) is 0 Å². The fourth-order valence-corrected chi connectivity index (χ4v) is 3.71. The molecule has 0 radical (unpaired) electrons. The van der Waals surface area contributed by atoms with Gasteiger partial charge in [-0.3, -0.25) is 4.79 Å². The van der Waals surface area contributed by atoms with E-state index >= 15 is 0 Å². The van der Waals surface area contributed by atoms with Crippen LogP contribution in [0, 0.1) is 6.92 Å². The SMILES string of the molecule is Cc1nc(-c2nnc3n2CCC(NC(=O)c2nccn2C)CC3)cs1. The fraction of sp³-hybridized carbons (Fsp3) is 0.438. The molecule has 3 aromatic heterocycles. The monoisotopic (exact) mass is 357 g/mol. The highest BCUT2D eigenvalue weighted by Gasteiger charge is 2.24. The molecule has 1 atom stereocenters. The van der Waals surface area contributed by atoms with Crippen LogP contribution in [0.5, 0.6) is 0 Å². The minimum absolute atomic E-state index is 0.0934. The molecular weight excluding hydrogens is 338 g/mol. The first-order valence-electron chi connectivity index (χ1n) is 8.24. The van der Waals surface area contributed by atoms with E-state index in [0.29, 0.717) is 5.82 Å². The number of imidazole rings is 1. The Morgan fingerprint density at radius 1 is 1.36 bits per heavy atom. The second-order valence-corrected chi connectivity index (χ2v) is 7.26. The standard InChI is InChI=1S/C16H19N7OS/c1-10-18-12(9-25-10)14-21-20-13-4-3-11(5-7-23(13)14)19-16(24)15-17-6-8-22(15)2/h6,8-9,11H,3-5,7H2,1-2H3,(H,19,24). The third-order valence-electron chi connectivity index (χ3n) is 4.45. The third-order valence-corrected chi connectivity index (χ3v) is 5.23. The summed E-state index contributed by atoms with van der Waals surface area (Å²) in [4.78, 5) is 21.0. The van der Waals surface area contributed by atoms with Crippen LogP contribution in [0.15, 0.2) is 17.8 Å². The lowest BCUT2D eigenvalue weighted by Crippen LogP contribution is -2.36. The predicted octanol–water partition coefficient (Wildman–Crippen LogP) is 1.58. The summed E-state index contributed by atoms with van der Waals surface area (Å²) in [7, 11) is 1.82. The summed E-state index contributed by atoms with van der Waals surface area (Å²) >= 11 is 1.61. The lowest BCUT2D eigenvalue weighted by atomic mass is 10.1. The molecule has 0 spiro atoms. The molecule has 1 aliphatic rings. The molecule has 0 fully saturated rings. The second-order valence-electron chi connectivity index (χ2n) is 6.20. The highest BCUT2D eigenvalue weighted by Crippen LogP contribution is 2.24. The van der Waals surface area contributed by atoms with E-state index in [1.807, 2.05) is 19.4 Å². The largest absolute Gasteiger partial charge is 0.347 e. The van der Waals surface area contributed by atoms with Crippen LogP contribution in [-0.2, 0) is 20.0 Å². The highest BCUT2D eigenvalue weighted by molar-refractivity contribution is 7.09. The Morgan fingerprint density at radius 3 is 2.96 bits per heavy atom. The lowest BCUT2D eigenvalue weighted by molar-refractivity contribution is 0.0919. The van der Waals surface area contributed by atoms with Gasteiger partial charge in [-0.05, 0) is 19.8 Å². The van der Waals surface area contributed by atoms with E-state index in [1.165, 1.54) is 0 Å². The number of thiazole rings is 1. The van der Waals surface area contributed by atoms with Crippen molar-refractivity contribution in [2.75, 3.05) is 0 Å². The Morgan fingerprint density at radius 2 is 2.24 bits per heavy atom. The van der Waals surface area contributed by atoms with E-state index in [0.717, 1.165) is 48.2 Å². The van der Waals surface area contributed by atoms with E-state index in [9.17, 15) is 4.79 Å². The smallest absolute Gasteiger partial charge is 0.287 e. The lowest BCUT2D eigenvalue weighted by Gasteiger charge is -2.15. The molecule has 130 valence electrons. The molecule has 9 heteroatoms. The number of nitrogens with one attached hydrogen (secondary N) is 1. The summed E-state index contributed by atoms with van der Waals surface area (Å²) in [5, 5.41) is 14.8. The topological polar surface area (TPSA) is 90.5 Å². The van der Waals surface area contributed by atoms with Crippen molar-refractivity contribution >= 4 is 17.2 Å². The van der Waals surface area contributed by atoms with Gasteiger partial charge < -0.3 is 14.5 Å². The van der Waals surface area contributed by atoms with E-state index in [1.54, 1.807) is 28.3 Å². The van der Waals surface area contributed by atoms with Gasteiger partial charge in [0.2, 0.25) is 0 Å². The van der Waals surface area contributed by atoms with Gasteiger partial charge in [0.05, 0.1) is 5.01 Å². The van der Waals surface area contributed by atoms with Crippen LogP contribution in [0.3, 0.4) is 0 Å². The molecule has 0 saturated heterocycles. The number of nitrogens with zero attached hydrogens (tertiary/aromatic N) is 6. The average Bonchev–Trinajstić information content (AvgIpc) is 3.27. The van der Waals surface area contributed by atoms with Crippen molar-refractivity contribution in [3.05, 3.63) is 34.4 Å². The second kappa shape index (κ2) is 6.40. The van der Waals surface area contributed by atoms with Gasteiger partial charge in [0.15, 0.2) is 11.6 Å². The number of amides is 1. The first kappa shape index (κ1) is 15.9. The number of hydrogen-bond donors (Lipinski definition) is 1. The predicted molar refractivity (Wildman–Crippen MR) is 93.3 cm³/mol. The Kier molecular flexibility index (Phi) is 4.08. The zero-order chi connectivity index (χ0) is 17.4. The molecule has 0 aromatic carbocycles. The highest BCUT2D eigenvalue weighted by atomic mass is 32.1. The maximum atomic E-state index is 12.4. The molecule has 1 unspecified atom stereocenters. The van der Waals surface area contributed by atoms with Crippen LogP contribution >= 0.6 is 11.3 Å². The number of rotatable bonds is 3. The van der Waals surface area contributed by atoms with Gasteiger partial charge in [-0.2, -0.15) is 0 Å². The average molecular weight is 357 g/mol. The summed E-state index contributed by atoms with van der Waals surface area (Å²) in [5.41, 5.74) is 0.872. The van der Waals surface area contributed by atoms with Gasteiger partial charge in [-0.15, -0.1) is 21.5 Å². The van der Waals surface area contributed by atoms with E-state index in [2.05, 4.69) is 30.0 Å². The van der Waals surface area contributed by atoms with Crippen LogP contribution in [0.25, 0.3) is 11.5 Å². The summed E-state index contributed by atoms with van der Waals surface area (Å²) < 4.78 is 3.85. The Bertz CT molecular complexity index is 909. The molecule has 1 amide bonds. The van der Waals surface area contributed by atoms with Crippen molar-refractivity contribution in [1.82, 2.24) is 34.6 Å².